The van der Waals surface area contributed by atoms with Crippen LogP contribution >= 0.6 is 0 Å². The van der Waals surface area contributed by atoms with E-state index in [0.717, 1.165) is 29.5 Å². The van der Waals surface area contributed by atoms with Gasteiger partial charge in [0.2, 0.25) is 0 Å². The number of likely N-dealkylation sites (tertiary alicyclic amines) is 1. The van der Waals surface area contributed by atoms with E-state index < -0.39 is 0 Å². The zero-order chi connectivity index (χ0) is 12.5. The third-order valence-corrected chi connectivity index (χ3v) is 3.71. The highest BCUT2D eigenvalue weighted by molar-refractivity contribution is 5.50. The molecule has 1 saturated heterocycles. The smallest absolute Gasteiger partial charge is 0.157 e. The number of anilines is 1. The number of rotatable bonds is 2. The minimum Gasteiger partial charge on any atom is -0.399 e. The van der Waals surface area contributed by atoms with Gasteiger partial charge in [-0.05, 0) is 45.0 Å². The number of nitrogens with zero attached hydrogens (tertiary/aromatic N) is 4. The second-order valence-corrected chi connectivity index (χ2v) is 5.24. The van der Waals surface area contributed by atoms with Crippen LogP contribution in [0.2, 0.25) is 0 Å². The highest BCUT2D eigenvalue weighted by Crippen LogP contribution is 2.20. The van der Waals surface area contributed by atoms with Crippen LogP contribution in [0.5, 0.6) is 0 Å². The third-order valence-electron chi connectivity index (χ3n) is 3.71. The molecule has 2 aromatic rings. The first-order valence-electron chi connectivity index (χ1n) is 6.50. The van der Waals surface area contributed by atoms with Gasteiger partial charge in [0.1, 0.15) is 0 Å². The van der Waals surface area contributed by atoms with Crippen LogP contribution in [0.1, 0.15) is 18.7 Å². The summed E-state index contributed by atoms with van der Waals surface area (Å²) in [4.78, 5) is 6.93. The van der Waals surface area contributed by atoms with E-state index in [4.69, 9.17) is 5.73 Å². The number of hydrogen-bond acceptors (Lipinski definition) is 4. The van der Waals surface area contributed by atoms with Gasteiger partial charge in [0.15, 0.2) is 11.5 Å². The average molecular weight is 245 g/mol. The molecular formula is C13H19N5. The molecule has 0 aromatic carbocycles. The van der Waals surface area contributed by atoms with Crippen LogP contribution in [0.3, 0.4) is 0 Å². The molecule has 5 heteroatoms. The van der Waals surface area contributed by atoms with E-state index in [9.17, 15) is 0 Å². The molecule has 2 aromatic heterocycles. The lowest BCUT2D eigenvalue weighted by Gasteiger charge is -2.28. The maximum Gasteiger partial charge on any atom is 0.157 e. The lowest BCUT2D eigenvalue weighted by molar-refractivity contribution is 0.217. The van der Waals surface area contributed by atoms with Crippen molar-refractivity contribution in [1.82, 2.24) is 19.5 Å². The van der Waals surface area contributed by atoms with Crippen molar-refractivity contribution in [3.05, 3.63) is 24.2 Å². The third kappa shape index (κ3) is 2.31. The van der Waals surface area contributed by atoms with Gasteiger partial charge in [-0.2, -0.15) is 5.10 Å². The number of piperidine rings is 1. The standard InChI is InChI=1S/C13H19N5/c1-17-5-2-10(3-6-17)8-12-15-13-9-11(14)4-7-18(13)16-12/h4,7,9-10H,2-3,5-6,8,14H2,1H3. The molecule has 18 heavy (non-hydrogen) atoms. The SMILES string of the molecule is CN1CCC(Cc2nc3cc(N)ccn3n2)CC1. The topological polar surface area (TPSA) is 59.5 Å². The van der Waals surface area contributed by atoms with Crippen molar-refractivity contribution < 1.29 is 0 Å². The van der Waals surface area contributed by atoms with Gasteiger partial charge < -0.3 is 10.6 Å². The number of nitrogen functional groups attached to an aromatic ring is 1. The maximum atomic E-state index is 5.75. The fraction of sp³-hybridized carbons (Fsp3) is 0.538. The molecule has 0 amide bonds. The molecule has 1 aliphatic heterocycles. The van der Waals surface area contributed by atoms with Crippen LogP contribution in [-0.2, 0) is 6.42 Å². The summed E-state index contributed by atoms with van der Waals surface area (Å²) in [6, 6.07) is 3.71. The molecule has 96 valence electrons. The Morgan fingerprint density at radius 2 is 2.17 bits per heavy atom. The zero-order valence-corrected chi connectivity index (χ0v) is 10.7. The first-order chi connectivity index (χ1) is 8.70. The summed E-state index contributed by atoms with van der Waals surface area (Å²) in [5.74, 6) is 1.66. The number of nitrogens with two attached hydrogens (primary N) is 1. The monoisotopic (exact) mass is 245 g/mol. The Balaban J connectivity index is 1.74. The number of hydrogen-bond donors (Lipinski definition) is 1. The molecule has 0 aliphatic carbocycles. The van der Waals surface area contributed by atoms with E-state index in [1.807, 2.05) is 18.3 Å². The maximum absolute atomic E-state index is 5.75. The summed E-state index contributed by atoms with van der Waals surface area (Å²) in [7, 11) is 2.18. The van der Waals surface area contributed by atoms with E-state index in [1.165, 1.54) is 25.9 Å². The van der Waals surface area contributed by atoms with Gasteiger partial charge in [-0.1, -0.05) is 0 Å². The summed E-state index contributed by atoms with van der Waals surface area (Å²) in [5, 5.41) is 4.50. The minimum atomic E-state index is 0.718. The van der Waals surface area contributed by atoms with Gasteiger partial charge in [-0.15, -0.1) is 0 Å². The summed E-state index contributed by atoms with van der Waals surface area (Å²) >= 11 is 0. The van der Waals surface area contributed by atoms with Gasteiger partial charge in [-0.3, -0.25) is 0 Å². The van der Waals surface area contributed by atoms with E-state index in [-0.39, 0.29) is 0 Å². The quantitative estimate of drug-likeness (QED) is 0.863. The molecule has 1 fully saturated rings. The zero-order valence-electron chi connectivity index (χ0n) is 10.7. The van der Waals surface area contributed by atoms with E-state index in [0.29, 0.717) is 0 Å². The fourth-order valence-electron chi connectivity index (χ4n) is 2.55. The van der Waals surface area contributed by atoms with Crippen LogP contribution in [0.4, 0.5) is 5.69 Å². The van der Waals surface area contributed by atoms with Gasteiger partial charge in [0, 0.05) is 24.4 Å². The Labute approximate surface area is 107 Å². The molecule has 2 N–H and O–H groups in total. The van der Waals surface area contributed by atoms with Crippen molar-refractivity contribution in [2.45, 2.75) is 19.3 Å². The predicted octanol–water partition coefficient (Wildman–Crippen LogP) is 1.20. The number of fused-ring (bicyclic) bond motifs is 1. The summed E-state index contributed by atoms with van der Waals surface area (Å²) < 4.78 is 1.81. The summed E-state index contributed by atoms with van der Waals surface area (Å²) in [5.41, 5.74) is 7.33. The second-order valence-electron chi connectivity index (χ2n) is 5.24. The molecular weight excluding hydrogens is 226 g/mol. The summed E-state index contributed by atoms with van der Waals surface area (Å²) in [6.45, 7) is 2.37. The van der Waals surface area contributed by atoms with E-state index >= 15 is 0 Å². The lowest BCUT2D eigenvalue weighted by atomic mass is 9.94. The fourth-order valence-corrected chi connectivity index (χ4v) is 2.55. The highest BCUT2D eigenvalue weighted by atomic mass is 15.3. The van der Waals surface area contributed by atoms with Crippen molar-refractivity contribution in [3.63, 3.8) is 0 Å². The van der Waals surface area contributed by atoms with Crippen molar-refractivity contribution in [2.75, 3.05) is 25.9 Å². The molecule has 0 bridgehead atoms. The first-order valence-corrected chi connectivity index (χ1v) is 6.50. The molecule has 3 heterocycles. The number of pyridine rings is 1. The van der Waals surface area contributed by atoms with Gasteiger partial charge in [0.05, 0.1) is 0 Å². The first kappa shape index (κ1) is 11.5. The molecule has 0 radical (unpaired) electrons. The van der Waals surface area contributed by atoms with Crippen LogP contribution in [-0.4, -0.2) is 39.6 Å². The molecule has 0 unspecified atom stereocenters. The second kappa shape index (κ2) is 4.57. The van der Waals surface area contributed by atoms with Crippen LogP contribution in [0.25, 0.3) is 5.65 Å². The Kier molecular flexibility index (Phi) is 2.91. The van der Waals surface area contributed by atoms with Gasteiger partial charge in [0.25, 0.3) is 0 Å². The molecule has 0 atom stereocenters. The van der Waals surface area contributed by atoms with Gasteiger partial charge in [-0.25, -0.2) is 9.50 Å². The Bertz CT molecular complexity index is 539. The summed E-state index contributed by atoms with van der Waals surface area (Å²) in [6.07, 6.45) is 5.34. The normalized spacial score (nSPS) is 18.5. The molecule has 1 aliphatic rings. The average Bonchev–Trinajstić information content (AvgIpc) is 2.73. The van der Waals surface area contributed by atoms with Crippen molar-refractivity contribution in [3.8, 4) is 0 Å². The Morgan fingerprint density at radius 1 is 1.39 bits per heavy atom. The largest absolute Gasteiger partial charge is 0.399 e. The highest BCUT2D eigenvalue weighted by Gasteiger charge is 2.18. The van der Waals surface area contributed by atoms with Gasteiger partial charge >= 0.3 is 0 Å². The number of aromatic nitrogens is 3. The Hall–Kier alpha value is -1.62. The van der Waals surface area contributed by atoms with Crippen LogP contribution in [0.15, 0.2) is 18.3 Å². The predicted molar refractivity (Wildman–Crippen MR) is 71.3 cm³/mol. The molecule has 0 saturated carbocycles. The molecule has 0 spiro atoms. The Morgan fingerprint density at radius 3 is 2.94 bits per heavy atom. The minimum absolute atomic E-state index is 0.718. The van der Waals surface area contributed by atoms with Crippen LogP contribution in [0, 0.1) is 5.92 Å². The molecule has 5 nitrogen and oxygen atoms in total. The molecule has 3 rings (SSSR count). The van der Waals surface area contributed by atoms with E-state index in [2.05, 4.69) is 22.0 Å². The van der Waals surface area contributed by atoms with Crippen LogP contribution < -0.4 is 5.73 Å². The van der Waals surface area contributed by atoms with E-state index in [1.54, 1.807) is 4.52 Å². The van der Waals surface area contributed by atoms with Crippen molar-refractivity contribution in [2.24, 2.45) is 5.92 Å². The van der Waals surface area contributed by atoms with Crippen molar-refractivity contribution >= 4 is 11.3 Å². The lowest BCUT2D eigenvalue weighted by Crippen LogP contribution is -2.31. The van der Waals surface area contributed by atoms with Crippen molar-refractivity contribution in [1.29, 1.82) is 0 Å².